The van der Waals surface area contributed by atoms with Gasteiger partial charge in [-0.15, -0.1) is 24.5 Å². The molecule has 10 aromatic rings. The summed E-state index contributed by atoms with van der Waals surface area (Å²) in [6.07, 6.45) is 23.7. The molecule has 0 aliphatic heterocycles. The van der Waals surface area contributed by atoms with Gasteiger partial charge in [0, 0.05) is 51.7 Å². The van der Waals surface area contributed by atoms with Crippen LogP contribution in [-0.2, 0) is 70.3 Å². The number of hydrogen-bond acceptors (Lipinski definition) is 8. The Bertz CT molecular complexity index is 2400. The van der Waals surface area contributed by atoms with Crippen molar-refractivity contribution in [2.45, 2.75) is 0 Å². The zero-order chi connectivity index (χ0) is 32.5. The molecule has 0 saturated heterocycles. The molecule has 12 nitrogen and oxygen atoms in total. The van der Waals surface area contributed by atoms with Gasteiger partial charge < -0.3 is 45.9 Å². The number of furan rings is 4. The van der Waals surface area contributed by atoms with Crippen molar-refractivity contribution in [1.82, 2.24) is 38.2 Å². The van der Waals surface area contributed by atoms with Crippen LogP contribution in [0.15, 0.2) is 92.3 Å². The van der Waals surface area contributed by atoms with E-state index in [0.717, 1.165) is 77.4 Å². The number of aryl methyl sites for hydroxylation is 4. The van der Waals surface area contributed by atoms with Crippen LogP contribution in [-0.4, -0.2) is 38.2 Å². The van der Waals surface area contributed by atoms with Gasteiger partial charge in [0.25, 0.3) is 0 Å². The molecule has 0 aliphatic rings. The quantitative estimate of drug-likeness (QED) is 0.171. The summed E-state index contributed by atoms with van der Waals surface area (Å²) in [4.78, 5) is 17.3. The number of imidazole rings is 4. The number of fused-ring (bicyclic) bond motifs is 4. The van der Waals surface area contributed by atoms with Crippen LogP contribution in [0.4, 0.5) is 0 Å². The molecule has 0 saturated carbocycles. The Labute approximate surface area is 312 Å². The first kappa shape index (κ1) is 33.3. The van der Waals surface area contributed by atoms with Gasteiger partial charge in [0.05, 0.1) is 59.3 Å². The molecule has 2 aromatic carbocycles. The molecule has 14 heteroatoms. The minimum absolute atomic E-state index is 0. The Morgan fingerprint density at radius 3 is 1.32 bits per heavy atom. The predicted molar refractivity (Wildman–Crippen MR) is 176 cm³/mol. The number of rotatable bonds is 4. The molecule has 0 N–H and O–H groups in total. The molecule has 0 amide bonds. The van der Waals surface area contributed by atoms with E-state index in [-0.39, 0.29) is 42.1 Å². The number of aromatic nitrogens is 8. The first-order chi connectivity index (χ1) is 23.4. The fourth-order valence-electron chi connectivity index (χ4n) is 5.78. The summed E-state index contributed by atoms with van der Waals surface area (Å²) in [6, 6.07) is 10.7. The maximum Gasteiger partial charge on any atom is 2.00 e. The topological polar surface area (TPSA) is 124 Å². The molecule has 0 fully saturated rings. The van der Waals surface area contributed by atoms with Crippen LogP contribution in [0.25, 0.3) is 88.9 Å². The van der Waals surface area contributed by atoms with Crippen molar-refractivity contribution in [1.29, 1.82) is 0 Å². The Kier molecular flexibility index (Phi) is 8.62. The average molecular weight is 1020 g/mol. The molecule has 252 valence electrons. The van der Waals surface area contributed by atoms with Crippen molar-refractivity contribution in [2.75, 3.05) is 0 Å². The van der Waals surface area contributed by atoms with Crippen molar-refractivity contribution in [3.63, 3.8) is 0 Å². The van der Waals surface area contributed by atoms with E-state index < -0.39 is 0 Å². The van der Waals surface area contributed by atoms with E-state index in [0.29, 0.717) is 11.5 Å². The van der Waals surface area contributed by atoms with E-state index in [1.807, 2.05) is 74.2 Å². The predicted octanol–water partition coefficient (Wildman–Crippen LogP) is 7.16. The third-order valence-corrected chi connectivity index (χ3v) is 8.07. The summed E-state index contributed by atoms with van der Waals surface area (Å²) in [5, 5.41) is 5.35. The second kappa shape index (κ2) is 12.9. The van der Waals surface area contributed by atoms with E-state index in [1.165, 1.54) is 0 Å². The summed E-state index contributed by atoms with van der Waals surface area (Å²) in [6.45, 7) is 0. The molecule has 0 atom stereocenters. The van der Waals surface area contributed by atoms with Crippen LogP contribution < -0.4 is 0 Å². The average Bonchev–Trinajstić information content (AvgIpc) is 3.90. The van der Waals surface area contributed by atoms with Crippen LogP contribution in [0.3, 0.4) is 0 Å². The summed E-state index contributed by atoms with van der Waals surface area (Å²) < 4.78 is 30.2. The van der Waals surface area contributed by atoms with Crippen LogP contribution in [0.2, 0.25) is 0 Å². The first-order valence-electron chi connectivity index (χ1n) is 14.9. The maximum atomic E-state index is 5.73. The standard InChI is InChI=1S/2C18H12N4O2.2Pt/c2*1-21-5-15(19-9-21)14-8-23-17-3-11-7-24-18(12(11)4-13(14)17)16-6-22(2)10-20-16;;/h2*3,5-8,10H,1-2H3;;/q2*-2;2*+2. The Balaban J connectivity index is 0.000000151. The van der Waals surface area contributed by atoms with E-state index in [2.05, 4.69) is 44.7 Å². The maximum absolute atomic E-state index is 5.73. The molecule has 0 unspecified atom stereocenters. The van der Waals surface area contributed by atoms with Gasteiger partial charge in [-0.3, -0.25) is 0 Å². The SMILES string of the molecule is Cn1[c-]nc(-c2coc3cc4coc(-c5cn(C)cn5)c4[c-]c23)c1.Cn1[c-]nc(-c2coc3cc4coc(-c5cn(C)cn5)c4[c-]c23)c1.[Pt+2].[Pt+2]. The van der Waals surface area contributed by atoms with Crippen molar-refractivity contribution in [3.8, 4) is 45.4 Å². The molecule has 8 heterocycles. The summed E-state index contributed by atoms with van der Waals surface area (Å²) in [5.74, 6) is 1.40. The Morgan fingerprint density at radius 1 is 0.520 bits per heavy atom. The van der Waals surface area contributed by atoms with Gasteiger partial charge in [-0.25, -0.2) is 9.97 Å². The molecule has 10 rings (SSSR count). The summed E-state index contributed by atoms with van der Waals surface area (Å²) in [5.41, 5.74) is 6.42. The molecular weight excluding hydrogens is 999 g/mol. The summed E-state index contributed by atoms with van der Waals surface area (Å²) in [7, 11) is 7.62. The van der Waals surface area contributed by atoms with Gasteiger partial charge in [-0.1, -0.05) is 56.2 Å². The molecule has 8 aromatic heterocycles. The van der Waals surface area contributed by atoms with E-state index in [1.54, 1.807) is 46.8 Å². The van der Waals surface area contributed by atoms with E-state index in [9.17, 15) is 0 Å². The fourth-order valence-corrected chi connectivity index (χ4v) is 5.78. The number of benzene rings is 2. The molecule has 0 bridgehead atoms. The number of nitrogens with zero attached hydrogens (tertiary/aromatic N) is 8. The second-order valence-electron chi connectivity index (χ2n) is 11.6. The molecule has 0 aliphatic carbocycles. The van der Waals surface area contributed by atoms with Crippen molar-refractivity contribution < 1.29 is 59.8 Å². The molecular formula is C36H24N8O4Pt2. The third-order valence-electron chi connectivity index (χ3n) is 8.07. The van der Waals surface area contributed by atoms with Gasteiger partial charge in [0.2, 0.25) is 0 Å². The van der Waals surface area contributed by atoms with E-state index >= 15 is 0 Å². The van der Waals surface area contributed by atoms with Gasteiger partial charge in [0.15, 0.2) is 0 Å². The Hall–Kier alpha value is -5.18. The minimum atomic E-state index is 0. The van der Waals surface area contributed by atoms with Crippen molar-refractivity contribution >= 4 is 43.5 Å². The minimum Gasteiger partial charge on any atom is -0.508 e. The van der Waals surface area contributed by atoms with Gasteiger partial charge >= 0.3 is 42.1 Å². The molecule has 0 spiro atoms. The van der Waals surface area contributed by atoms with E-state index in [4.69, 9.17) is 17.7 Å². The normalized spacial score (nSPS) is 11.3. The number of hydrogen-bond donors (Lipinski definition) is 0. The zero-order valence-corrected chi connectivity index (χ0v) is 31.3. The fraction of sp³-hybridized carbons (Fsp3) is 0.111. The second-order valence-corrected chi connectivity index (χ2v) is 11.6. The summed E-state index contributed by atoms with van der Waals surface area (Å²) >= 11 is 0. The zero-order valence-electron chi connectivity index (χ0n) is 26.8. The third kappa shape index (κ3) is 5.68. The Morgan fingerprint density at radius 2 is 0.960 bits per heavy atom. The van der Waals surface area contributed by atoms with Crippen LogP contribution in [0.1, 0.15) is 0 Å². The van der Waals surface area contributed by atoms with Gasteiger partial charge in [-0.2, -0.15) is 0 Å². The van der Waals surface area contributed by atoms with Gasteiger partial charge in [-0.05, 0) is 24.9 Å². The van der Waals surface area contributed by atoms with Gasteiger partial charge in [0.1, 0.15) is 0 Å². The van der Waals surface area contributed by atoms with Crippen LogP contribution >= 0.6 is 0 Å². The van der Waals surface area contributed by atoms with Crippen molar-refractivity contribution in [2.24, 2.45) is 28.2 Å². The van der Waals surface area contributed by atoms with Crippen LogP contribution in [0, 0.1) is 24.8 Å². The van der Waals surface area contributed by atoms with Crippen molar-refractivity contribution in [3.05, 3.63) is 99.4 Å². The monoisotopic (exact) mass is 1020 g/mol. The van der Waals surface area contributed by atoms with Crippen LogP contribution in [0.5, 0.6) is 0 Å². The first-order valence-corrected chi connectivity index (χ1v) is 14.9. The largest absolute Gasteiger partial charge is 2.00 e. The molecule has 50 heavy (non-hydrogen) atoms. The molecule has 0 radical (unpaired) electrons. The smallest absolute Gasteiger partial charge is 0.508 e.